The Morgan fingerprint density at radius 1 is 1.38 bits per heavy atom. The maximum Gasteiger partial charge on any atom is 0.170 e. The number of nitrogens with zero attached hydrogens (tertiary/aromatic N) is 3. The number of ether oxygens (including phenoxy) is 1. The summed E-state index contributed by atoms with van der Waals surface area (Å²) in [6.07, 6.45) is 4.43. The number of amidine groups is 1. The van der Waals surface area contributed by atoms with Gasteiger partial charge in [0.2, 0.25) is 0 Å². The molecule has 0 atom stereocenters. The Labute approximate surface area is 123 Å². The monoisotopic (exact) mass is 288 g/mol. The van der Waals surface area contributed by atoms with Gasteiger partial charge in [-0.05, 0) is 37.1 Å². The summed E-state index contributed by atoms with van der Waals surface area (Å²) in [6, 6.07) is 3.69. The molecule has 0 aliphatic rings. The van der Waals surface area contributed by atoms with Gasteiger partial charge in [0.1, 0.15) is 11.6 Å². The van der Waals surface area contributed by atoms with Crippen molar-refractivity contribution >= 4 is 5.84 Å². The van der Waals surface area contributed by atoms with Crippen LogP contribution in [0.2, 0.25) is 0 Å². The molecule has 0 amide bonds. The van der Waals surface area contributed by atoms with Crippen molar-refractivity contribution in [1.82, 2.24) is 9.55 Å². The molecule has 2 rings (SSSR count). The fraction of sp³-hybridized carbons (Fsp3) is 0.333. The maximum absolute atomic E-state index is 8.73. The van der Waals surface area contributed by atoms with Crippen LogP contribution < -0.4 is 10.5 Å². The van der Waals surface area contributed by atoms with Crippen LogP contribution in [0.25, 0.3) is 0 Å². The van der Waals surface area contributed by atoms with Crippen molar-refractivity contribution in [3.05, 3.63) is 47.0 Å². The molecule has 0 saturated carbocycles. The molecule has 6 heteroatoms. The Hall–Kier alpha value is -2.50. The minimum absolute atomic E-state index is 0.0979. The van der Waals surface area contributed by atoms with Crippen LogP contribution in [0.1, 0.15) is 22.5 Å². The minimum Gasteiger partial charge on any atom is -0.493 e. The molecule has 21 heavy (non-hydrogen) atoms. The highest BCUT2D eigenvalue weighted by atomic mass is 16.5. The number of hydrogen-bond acceptors (Lipinski definition) is 4. The minimum atomic E-state index is 0.0979. The largest absolute Gasteiger partial charge is 0.493 e. The van der Waals surface area contributed by atoms with Gasteiger partial charge in [-0.1, -0.05) is 5.16 Å². The van der Waals surface area contributed by atoms with Gasteiger partial charge in [-0.3, -0.25) is 0 Å². The second-order valence-electron chi connectivity index (χ2n) is 4.98. The van der Waals surface area contributed by atoms with E-state index in [1.165, 1.54) is 0 Å². The lowest BCUT2D eigenvalue weighted by Crippen LogP contribution is -2.14. The molecule has 112 valence electrons. The van der Waals surface area contributed by atoms with E-state index in [0.717, 1.165) is 29.1 Å². The standard InChI is InChI=1S/C15H20N4O2/c1-10-8-12(15(16)18-20)9-11(2)14(10)21-7-4-13-17-5-6-19(13)3/h5-6,8-9,20H,4,7H2,1-3H3,(H2,16,18). The highest BCUT2D eigenvalue weighted by Gasteiger charge is 2.09. The summed E-state index contributed by atoms with van der Waals surface area (Å²) in [5.74, 6) is 1.91. The molecule has 2 aromatic rings. The third-order valence-electron chi connectivity index (χ3n) is 3.36. The lowest BCUT2D eigenvalue weighted by Gasteiger charge is -2.13. The summed E-state index contributed by atoms with van der Waals surface area (Å²) < 4.78 is 7.84. The van der Waals surface area contributed by atoms with Gasteiger partial charge in [0.15, 0.2) is 5.84 Å². The highest BCUT2D eigenvalue weighted by molar-refractivity contribution is 5.97. The van der Waals surface area contributed by atoms with E-state index in [9.17, 15) is 0 Å². The van der Waals surface area contributed by atoms with E-state index in [0.29, 0.717) is 12.2 Å². The Morgan fingerprint density at radius 3 is 2.57 bits per heavy atom. The fourth-order valence-corrected chi connectivity index (χ4v) is 2.27. The van der Waals surface area contributed by atoms with E-state index >= 15 is 0 Å². The van der Waals surface area contributed by atoms with Crippen molar-refractivity contribution in [1.29, 1.82) is 0 Å². The van der Waals surface area contributed by atoms with Gasteiger partial charge in [-0.25, -0.2) is 4.98 Å². The number of imidazole rings is 1. The number of benzene rings is 1. The van der Waals surface area contributed by atoms with Crippen LogP contribution in [0.5, 0.6) is 5.75 Å². The van der Waals surface area contributed by atoms with Crippen molar-refractivity contribution < 1.29 is 9.94 Å². The number of aromatic nitrogens is 2. The van der Waals surface area contributed by atoms with Crippen LogP contribution in [0.15, 0.2) is 29.7 Å². The van der Waals surface area contributed by atoms with E-state index in [4.69, 9.17) is 15.7 Å². The van der Waals surface area contributed by atoms with E-state index in [2.05, 4.69) is 10.1 Å². The van der Waals surface area contributed by atoms with E-state index in [-0.39, 0.29) is 5.84 Å². The molecular formula is C15H20N4O2. The van der Waals surface area contributed by atoms with Gasteiger partial charge in [-0.2, -0.15) is 0 Å². The smallest absolute Gasteiger partial charge is 0.170 e. The first-order chi connectivity index (χ1) is 10.0. The topological polar surface area (TPSA) is 85.7 Å². The van der Waals surface area contributed by atoms with Crippen LogP contribution >= 0.6 is 0 Å². The van der Waals surface area contributed by atoms with E-state index < -0.39 is 0 Å². The third kappa shape index (κ3) is 3.34. The molecule has 6 nitrogen and oxygen atoms in total. The van der Waals surface area contributed by atoms with Gasteiger partial charge < -0.3 is 20.2 Å². The summed E-state index contributed by atoms with van der Waals surface area (Å²) in [4.78, 5) is 4.26. The average molecular weight is 288 g/mol. The summed E-state index contributed by atoms with van der Waals surface area (Å²) >= 11 is 0. The predicted molar refractivity (Wildman–Crippen MR) is 80.8 cm³/mol. The van der Waals surface area contributed by atoms with Gasteiger partial charge in [0.05, 0.1) is 6.61 Å². The molecule has 0 unspecified atom stereocenters. The second kappa shape index (κ2) is 6.30. The molecule has 3 N–H and O–H groups in total. The Kier molecular flexibility index (Phi) is 4.47. The van der Waals surface area contributed by atoms with Crippen LogP contribution in [-0.4, -0.2) is 27.2 Å². The van der Waals surface area contributed by atoms with Crippen LogP contribution in [0.4, 0.5) is 0 Å². The molecule has 1 aromatic carbocycles. The van der Waals surface area contributed by atoms with Crippen molar-refractivity contribution in [3.8, 4) is 5.75 Å². The zero-order valence-electron chi connectivity index (χ0n) is 12.5. The SMILES string of the molecule is Cc1cc(/C(N)=N/O)cc(C)c1OCCc1nccn1C. The Balaban J connectivity index is 2.08. The summed E-state index contributed by atoms with van der Waals surface area (Å²) in [7, 11) is 1.96. The third-order valence-corrected chi connectivity index (χ3v) is 3.36. The first kappa shape index (κ1) is 14.9. The second-order valence-corrected chi connectivity index (χ2v) is 4.98. The molecule has 0 bridgehead atoms. The zero-order valence-corrected chi connectivity index (χ0v) is 12.5. The molecule has 0 aliphatic heterocycles. The van der Waals surface area contributed by atoms with Crippen molar-refractivity contribution in [2.75, 3.05) is 6.61 Å². The van der Waals surface area contributed by atoms with Crippen LogP contribution in [0, 0.1) is 13.8 Å². The normalized spacial score (nSPS) is 11.7. The summed E-state index contributed by atoms with van der Waals surface area (Å²) in [6.45, 7) is 4.43. The molecule has 0 radical (unpaired) electrons. The molecule has 0 saturated heterocycles. The molecule has 1 aromatic heterocycles. The Bertz CT molecular complexity index is 638. The molecular weight excluding hydrogens is 268 g/mol. The van der Waals surface area contributed by atoms with Gasteiger partial charge in [0, 0.05) is 31.4 Å². The summed E-state index contributed by atoms with van der Waals surface area (Å²) in [5, 5.41) is 11.8. The van der Waals surface area contributed by atoms with Crippen molar-refractivity contribution in [2.45, 2.75) is 20.3 Å². The van der Waals surface area contributed by atoms with Crippen LogP contribution in [0.3, 0.4) is 0 Å². The quantitative estimate of drug-likeness (QED) is 0.380. The number of oxime groups is 1. The van der Waals surface area contributed by atoms with Gasteiger partial charge in [-0.15, -0.1) is 0 Å². The average Bonchev–Trinajstić information content (AvgIpc) is 2.86. The lowest BCUT2D eigenvalue weighted by atomic mass is 10.1. The predicted octanol–water partition coefficient (Wildman–Crippen LogP) is 1.75. The van der Waals surface area contributed by atoms with Crippen LogP contribution in [-0.2, 0) is 13.5 Å². The lowest BCUT2D eigenvalue weighted by molar-refractivity contribution is 0.313. The Morgan fingerprint density at radius 2 is 2.05 bits per heavy atom. The zero-order chi connectivity index (χ0) is 15.4. The molecule has 0 aliphatic carbocycles. The molecule has 0 spiro atoms. The van der Waals surface area contributed by atoms with Crippen molar-refractivity contribution in [3.63, 3.8) is 0 Å². The molecule has 0 fully saturated rings. The first-order valence-electron chi connectivity index (χ1n) is 6.71. The maximum atomic E-state index is 8.73. The number of aryl methyl sites for hydroxylation is 3. The van der Waals surface area contributed by atoms with Gasteiger partial charge >= 0.3 is 0 Å². The van der Waals surface area contributed by atoms with Crippen molar-refractivity contribution in [2.24, 2.45) is 17.9 Å². The summed E-state index contributed by atoms with van der Waals surface area (Å²) in [5.41, 5.74) is 8.21. The van der Waals surface area contributed by atoms with Gasteiger partial charge in [0.25, 0.3) is 0 Å². The number of hydrogen-bond donors (Lipinski definition) is 2. The number of nitrogens with two attached hydrogens (primary N) is 1. The number of rotatable bonds is 5. The first-order valence-corrected chi connectivity index (χ1v) is 6.71. The fourth-order valence-electron chi connectivity index (χ4n) is 2.27. The van der Waals surface area contributed by atoms with E-state index in [1.54, 1.807) is 6.20 Å². The molecule has 1 heterocycles. The van der Waals surface area contributed by atoms with E-state index in [1.807, 2.05) is 43.8 Å². The highest BCUT2D eigenvalue weighted by Crippen LogP contribution is 2.25.